The summed E-state index contributed by atoms with van der Waals surface area (Å²) < 4.78 is 0. The van der Waals surface area contributed by atoms with Crippen LogP contribution in [0.5, 0.6) is 0 Å². The molecular weight excluding hydrogens is 596 g/mol. The molecule has 4 rings (SSSR count). The van der Waals surface area contributed by atoms with Crippen molar-refractivity contribution in [2.24, 2.45) is 17.8 Å². The maximum absolute atomic E-state index is 12.5. The minimum absolute atomic E-state index is 0.0305. The van der Waals surface area contributed by atoms with Gasteiger partial charge in [0, 0.05) is 64.2 Å². The average molecular weight is 641 g/mol. The van der Waals surface area contributed by atoms with Crippen LogP contribution >= 0.6 is 12.6 Å². The summed E-state index contributed by atoms with van der Waals surface area (Å²) in [6.07, 6.45) is 4.52. The molecule has 4 heterocycles. The number of rotatable bonds is 12. The number of nitrogens with one attached hydrogen (secondary N) is 4. The van der Waals surface area contributed by atoms with Crippen LogP contribution < -0.4 is 16.0 Å². The molecule has 12 heteroatoms. The van der Waals surface area contributed by atoms with Crippen LogP contribution in [0, 0.1) is 24.7 Å². The van der Waals surface area contributed by atoms with Gasteiger partial charge in [0.25, 0.3) is 0 Å². The van der Waals surface area contributed by atoms with E-state index in [1.54, 1.807) is 6.08 Å². The first-order valence-electron chi connectivity index (χ1n) is 15.2. The van der Waals surface area contributed by atoms with Crippen LogP contribution in [0.15, 0.2) is 46.7 Å². The van der Waals surface area contributed by atoms with E-state index in [2.05, 4.69) is 40.1 Å². The third-order valence-corrected chi connectivity index (χ3v) is 9.75. The van der Waals surface area contributed by atoms with Crippen molar-refractivity contribution in [3.8, 4) is 0 Å². The third kappa shape index (κ3) is 6.86. The van der Waals surface area contributed by atoms with E-state index >= 15 is 0 Å². The fraction of sp³-hybridized carbons (Fsp3) is 0.485. The first-order chi connectivity index (χ1) is 21.2. The maximum atomic E-state index is 12.5. The minimum Gasteiger partial charge on any atom is -0.495 e. The van der Waals surface area contributed by atoms with Gasteiger partial charge in [0.05, 0.1) is 18.2 Å². The average Bonchev–Trinajstić information content (AvgIpc) is 3.62. The number of carboxylic acids is 2. The number of aliphatic hydroxyl groups excluding tert-OH is 2. The zero-order valence-corrected chi connectivity index (χ0v) is 27.2. The molecule has 0 saturated carbocycles. The highest BCUT2D eigenvalue weighted by Gasteiger charge is 2.42. The quantitative estimate of drug-likeness (QED) is 0.153. The molecule has 244 valence electrons. The van der Waals surface area contributed by atoms with Gasteiger partial charge < -0.3 is 41.4 Å². The predicted octanol–water partition coefficient (Wildman–Crippen LogP) is 3.80. The van der Waals surface area contributed by atoms with Crippen molar-refractivity contribution in [3.63, 3.8) is 0 Å². The molecule has 8 N–H and O–H groups in total. The standard InChI is InChI=1S/C33H44N4O7S/c1-7-19-15(3)30(37-33(19)44)31(42)29-16(4)21(9-11-27(40)41)24(35-29)13-23-20(8-10-26(38)39)14(2)22(34-23)12-25-28(18(6)45)17(5)32(43)36-25/h7,12-13,15,17-18,28-31,34-35,37,42,44-45H,1,8-11H2,2-6H3,(H,36,43)(H,38,39)(H,40,41)/b24-13-,25-12-/t15?,17-,18?,28+,29?,30+,31-/m1/s1. The molecule has 1 aromatic rings. The number of allylic oxidation sites excluding steroid dienone is 3. The van der Waals surface area contributed by atoms with Crippen molar-refractivity contribution in [2.75, 3.05) is 0 Å². The zero-order chi connectivity index (χ0) is 33.3. The topological polar surface area (TPSA) is 184 Å². The molecule has 3 aliphatic heterocycles. The van der Waals surface area contributed by atoms with E-state index in [-0.39, 0.29) is 60.5 Å². The highest BCUT2D eigenvalue weighted by Crippen LogP contribution is 2.37. The lowest BCUT2D eigenvalue weighted by Crippen LogP contribution is -2.50. The van der Waals surface area contributed by atoms with E-state index in [0.717, 1.165) is 33.7 Å². The van der Waals surface area contributed by atoms with E-state index in [0.29, 0.717) is 17.0 Å². The Hall–Kier alpha value is -3.90. The SMILES string of the molecule is C=CC1=C(O)N[C@H]([C@H](O)C2N/C(=C\c3[nH]c(/C=C4\NC(=O)[C@H](C)[C@H]4C(C)S)c(C)c3CCC(=O)O)C(CCC(=O)O)=C2C)C1C. The summed E-state index contributed by atoms with van der Waals surface area (Å²) in [6.45, 7) is 13.2. The molecule has 0 spiro atoms. The normalized spacial score (nSPS) is 28.0. The number of thiol groups is 1. The Kier molecular flexibility index (Phi) is 10.3. The highest BCUT2D eigenvalue weighted by molar-refractivity contribution is 7.80. The molecule has 1 aromatic heterocycles. The molecule has 0 aliphatic carbocycles. The lowest BCUT2D eigenvalue weighted by molar-refractivity contribution is -0.138. The molecule has 3 unspecified atom stereocenters. The number of aliphatic carboxylic acids is 2. The Morgan fingerprint density at radius 3 is 2.24 bits per heavy atom. The Morgan fingerprint density at radius 2 is 1.67 bits per heavy atom. The summed E-state index contributed by atoms with van der Waals surface area (Å²) in [4.78, 5) is 39.1. The first kappa shape index (κ1) is 34.0. The predicted molar refractivity (Wildman–Crippen MR) is 175 cm³/mol. The number of hydrogen-bond donors (Lipinski definition) is 9. The van der Waals surface area contributed by atoms with E-state index in [9.17, 15) is 34.8 Å². The van der Waals surface area contributed by atoms with E-state index in [1.165, 1.54) is 0 Å². The number of H-pyrrole nitrogens is 1. The number of amides is 1. The molecule has 0 aromatic carbocycles. The number of aromatic nitrogens is 1. The third-order valence-electron chi connectivity index (χ3n) is 9.43. The van der Waals surface area contributed by atoms with Crippen LogP contribution in [0.3, 0.4) is 0 Å². The maximum Gasteiger partial charge on any atom is 0.303 e. The summed E-state index contributed by atoms with van der Waals surface area (Å²) in [5.74, 6) is -2.61. The number of carbonyl (C=O) groups is 3. The fourth-order valence-corrected chi connectivity index (χ4v) is 7.24. The van der Waals surface area contributed by atoms with Crippen LogP contribution in [0.1, 0.15) is 69.5 Å². The van der Waals surface area contributed by atoms with Gasteiger partial charge in [-0.2, -0.15) is 12.6 Å². The highest BCUT2D eigenvalue weighted by atomic mass is 32.1. The van der Waals surface area contributed by atoms with Crippen molar-refractivity contribution in [2.45, 2.75) is 83.7 Å². The fourth-order valence-electron chi connectivity index (χ4n) is 6.83. The van der Waals surface area contributed by atoms with Crippen LogP contribution in [0.2, 0.25) is 0 Å². The molecule has 3 aliphatic rings. The number of hydrogen-bond acceptors (Lipinski definition) is 8. The Balaban J connectivity index is 1.76. The van der Waals surface area contributed by atoms with E-state index in [1.807, 2.05) is 46.8 Å². The number of carbonyl (C=O) groups excluding carboxylic acids is 1. The molecule has 45 heavy (non-hydrogen) atoms. The van der Waals surface area contributed by atoms with Crippen molar-refractivity contribution < 1.29 is 34.8 Å². The van der Waals surface area contributed by atoms with E-state index < -0.39 is 30.1 Å². The molecule has 7 atom stereocenters. The largest absolute Gasteiger partial charge is 0.495 e. The van der Waals surface area contributed by atoms with Crippen molar-refractivity contribution >= 4 is 42.6 Å². The second-order valence-corrected chi connectivity index (χ2v) is 13.1. The van der Waals surface area contributed by atoms with Crippen molar-refractivity contribution in [1.82, 2.24) is 20.9 Å². The molecule has 1 amide bonds. The second kappa shape index (κ2) is 13.6. The second-order valence-electron chi connectivity index (χ2n) is 12.3. The molecule has 0 bridgehead atoms. The van der Waals surface area contributed by atoms with Crippen LogP contribution in [0.4, 0.5) is 0 Å². The van der Waals surface area contributed by atoms with Gasteiger partial charge in [-0.15, -0.1) is 0 Å². The van der Waals surface area contributed by atoms with Crippen LogP contribution in [-0.4, -0.2) is 66.7 Å². The molecular formula is C33H44N4O7S. The van der Waals surface area contributed by atoms with Gasteiger partial charge in [-0.3, -0.25) is 14.4 Å². The Bertz CT molecular complexity index is 1520. The minimum atomic E-state index is -0.990. The van der Waals surface area contributed by atoms with Crippen molar-refractivity contribution in [3.05, 3.63) is 69.2 Å². The summed E-state index contributed by atoms with van der Waals surface area (Å²) in [5.41, 5.74) is 6.45. The van der Waals surface area contributed by atoms with Gasteiger partial charge in [0.2, 0.25) is 5.91 Å². The van der Waals surface area contributed by atoms with Gasteiger partial charge in [-0.1, -0.05) is 33.4 Å². The zero-order valence-electron chi connectivity index (χ0n) is 26.3. The number of carboxylic acid groups (broad SMARTS) is 2. The van der Waals surface area contributed by atoms with Crippen molar-refractivity contribution in [1.29, 1.82) is 0 Å². The first-order valence-corrected chi connectivity index (χ1v) is 15.7. The van der Waals surface area contributed by atoms with Gasteiger partial charge in [-0.25, -0.2) is 0 Å². The summed E-state index contributed by atoms with van der Waals surface area (Å²) in [5, 5.41) is 50.1. The van der Waals surface area contributed by atoms with E-state index in [4.69, 9.17) is 0 Å². The van der Waals surface area contributed by atoms with Gasteiger partial charge >= 0.3 is 11.9 Å². The number of aliphatic hydroxyl groups is 2. The summed E-state index contributed by atoms with van der Waals surface area (Å²) in [7, 11) is 0. The molecule has 11 nitrogen and oxygen atoms in total. The summed E-state index contributed by atoms with van der Waals surface area (Å²) >= 11 is 4.61. The van der Waals surface area contributed by atoms with Gasteiger partial charge in [0.15, 0.2) is 5.88 Å². The number of aromatic amines is 1. The van der Waals surface area contributed by atoms with Gasteiger partial charge in [0.1, 0.15) is 0 Å². The Labute approximate surface area is 268 Å². The van der Waals surface area contributed by atoms with Crippen LogP contribution in [-0.2, 0) is 20.8 Å². The van der Waals surface area contributed by atoms with Crippen LogP contribution in [0.25, 0.3) is 12.2 Å². The molecule has 1 fully saturated rings. The summed E-state index contributed by atoms with van der Waals surface area (Å²) in [6, 6.07) is -1.10. The molecule has 0 radical (unpaired) electrons. The lowest BCUT2D eigenvalue weighted by atomic mass is 9.87. The monoisotopic (exact) mass is 640 g/mol. The van der Waals surface area contributed by atoms with Gasteiger partial charge in [-0.05, 0) is 61.1 Å². The lowest BCUT2D eigenvalue weighted by Gasteiger charge is -2.29. The Morgan fingerprint density at radius 1 is 1.02 bits per heavy atom. The molecule has 1 saturated heterocycles. The smallest absolute Gasteiger partial charge is 0.303 e.